The van der Waals surface area contributed by atoms with Crippen LogP contribution in [0.15, 0.2) is 77.9 Å². The van der Waals surface area contributed by atoms with Crippen molar-refractivity contribution in [1.82, 2.24) is 15.0 Å². The molecule has 1 unspecified atom stereocenters. The van der Waals surface area contributed by atoms with E-state index in [1.54, 1.807) is 36.5 Å². The van der Waals surface area contributed by atoms with E-state index in [4.69, 9.17) is 4.74 Å². The molecule has 2 aromatic carbocycles. The molecule has 0 fully saturated rings. The quantitative estimate of drug-likeness (QED) is 0.545. The van der Waals surface area contributed by atoms with Gasteiger partial charge in [0.05, 0.1) is 17.2 Å². The number of fused-ring (bicyclic) bond motifs is 1. The second kappa shape index (κ2) is 7.93. The van der Waals surface area contributed by atoms with Crippen molar-refractivity contribution in [2.45, 2.75) is 13.0 Å². The maximum Gasteiger partial charge on any atom is 0.266 e. The van der Waals surface area contributed by atoms with Gasteiger partial charge in [-0.1, -0.05) is 30.3 Å². The largest absolute Gasteiger partial charge is 0.486 e. The Bertz CT molecular complexity index is 1220. The molecule has 1 amide bonds. The van der Waals surface area contributed by atoms with E-state index < -0.39 is 0 Å². The molecular formula is C22H18N4O3. The van der Waals surface area contributed by atoms with Gasteiger partial charge >= 0.3 is 0 Å². The van der Waals surface area contributed by atoms with Crippen molar-refractivity contribution in [2.24, 2.45) is 0 Å². The predicted molar refractivity (Wildman–Crippen MR) is 110 cm³/mol. The van der Waals surface area contributed by atoms with Gasteiger partial charge in [-0.2, -0.15) is 0 Å². The summed E-state index contributed by atoms with van der Waals surface area (Å²) in [5, 5.41) is 2.75. The van der Waals surface area contributed by atoms with Crippen molar-refractivity contribution in [3.05, 3.63) is 94.5 Å². The molecule has 7 nitrogen and oxygen atoms in total. The molecular weight excluding hydrogens is 368 g/mol. The predicted octanol–water partition coefficient (Wildman–Crippen LogP) is 3.71. The Morgan fingerprint density at radius 2 is 1.90 bits per heavy atom. The molecule has 0 saturated heterocycles. The summed E-state index contributed by atoms with van der Waals surface area (Å²) in [6.07, 6.45) is 2.63. The molecule has 0 bridgehead atoms. The number of ether oxygens (including phenoxy) is 1. The van der Waals surface area contributed by atoms with E-state index in [9.17, 15) is 9.59 Å². The Kier molecular flexibility index (Phi) is 5.03. The maximum absolute atomic E-state index is 12.6. The van der Waals surface area contributed by atoms with Crippen LogP contribution < -0.4 is 15.6 Å². The van der Waals surface area contributed by atoms with E-state index in [1.807, 2.05) is 37.3 Å². The molecule has 0 aliphatic rings. The molecule has 0 aliphatic heterocycles. The SMILES string of the molecule is CC(Oc1ccnc(NC(=O)c2ccc3ncc(=O)[nH]c3c2)c1)c1ccccc1. The van der Waals surface area contributed by atoms with Crippen molar-refractivity contribution in [3.63, 3.8) is 0 Å². The zero-order chi connectivity index (χ0) is 20.2. The van der Waals surface area contributed by atoms with E-state index in [2.05, 4.69) is 20.3 Å². The third kappa shape index (κ3) is 4.30. The lowest BCUT2D eigenvalue weighted by Crippen LogP contribution is -2.14. The average molecular weight is 386 g/mol. The summed E-state index contributed by atoms with van der Waals surface area (Å²) in [7, 11) is 0. The molecule has 2 heterocycles. The van der Waals surface area contributed by atoms with Gasteiger partial charge in [0.1, 0.15) is 17.7 Å². The number of aromatic nitrogens is 3. The Labute approximate surface area is 166 Å². The van der Waals surface area contributed by atoms with E-state index in [1.165, 1.54) is 6.20 Å². The van der Waals surface area contributed by atoms with Crippen LogP contribution in [0.4, 0.5) is 5.82 Å². The molecule has 2 aromatic heterocycles. The number of rotatable bonds is 5. The monoisotopic (exact) mass is 386 g/mol. The van der Waals surface area contributed by atoms with Crippen LogP contribution in [0.1, 0.15) is 28.9 Å². The average Bonchev–Trinajstić information content (AvgIpc) is 2.74. The van der Waals surface area contributed by atoms with Crippen LogP contribution >= 0.6 is 0 Å². The zero-order valence-corrected chi connectivity index (χ0v) is 15.6. The van der Waals surface area contributed by atoms with Crippen molar-refractivity contribution in [1.29, 1.82) is 0 Å². The van der Waals surface area contributed by atoms with Crippen LogP contribution in [-0.2, 0) is 0 Å². The Balaban J connectivity index is 1.50. The molecule has 29 heavy (non-hydrogen) atoms. The number of hydrogen-bond acceptors (Lipinski definition) is 5. The summed E-state index contributed by atoms with van der Waals surface area (Å²) in [5.41, 5.74) is 2.20. The van der Waals surface area contributed by atoms with Gasteiger partial charge in [0.25, 0.3) is 11.5 Å². The fourth-order valence-corrected chi connectivity index (χ4v) is 2.92. The van der Waals surface area contributed by atoms with Crippen LogP contribution in [0.5, 0.6) is 5.75 Å². The highest BCUT2D eigenvalue weighted by Crippen LogP contribution is 2.23. The smallest absolute Gasteiger partial charge is 0.266 e. The normalized spacial score (nSPS) is 11.8. The van der Waals surface area contributed by atoms with Gasteiger partial charge in [-0.25, -0.2) is 9.97 Å². The number of nitrogens with one attached hydrogen (secondary N) is 2. The Hall–Kier alpha value is -4.00. The number of carbonyl (C=O) groups is 1. The number of carbonyl (C=O) groups excluding carboxylic acids is 1. The maximum atomic E-state index is 12.6. The van der Waals surface area contributed by atoms with Crippen molar-refractivity contribution < 1.29 is 9.53 Å². The number of amides is 1. The summed E-state index contributed by atoms with van der Waals surface area (Å²) in [5.74, 6) is 0.614. The molecule has 0 aliphatic carbocycles. The van der Waals surface area contributed by atoms with Gasteiger partial charge in [-0.3, -0.25) is 9.59 Å². The van der Waals surface area contributed by atoms with Gasteiger partial charge < -0.3 is 15.0 Å². The third-order valence-electron chi connectivity index (χ3n) is 4.39. The van der Waals surface area contributed by atoms with Crippen molar-refractivity contribution in [2.75, 3.05) is 5.32 Å². The number of anilines is 1. The fourth-order valence-electron chi connectivity index (χ4n) is 2.92. The fraction of sp³-hybridized carbons (Fsp3) is 0.0909. The number of aromatic amines is 1. The number of pyridine rings is 1. The third-order valence-corrected chi connectivity index (χ3v) is 4.39. The van der Waals surface area contributed by atoms with Gasteiger partial charge in [-0.05, 0) is 36.8 Å². The second-order valence-corrected chi connectivity index (χ2v) is 6.48. The number of benzene rings is 2. The molecule has 1 atom stereocenters. The molecule has 7 heteroatoms. The summed E-state index contributed by atoms with van der Waals surface area (Å²) in [4.78, 5) is 34.9. The first kappa shape index (κ1) is 18.4. The first-order valence-electron chi connectivity index (χ1n) is 9.06. The molecule has 4 rings (SSSR count). The summed E-state index contributed by atoms with van der Waals surface area (Å²) < 4.78 is 5.96. The second-order valence-electron chi connectivity index (χ2n) is 6.48. The summed E-state index contributed by atoms with van der Waals surface area (Å²) >= 11 is 0. The number of hydrogen-bond donors (Lipinski definition) is 2. The van der Waals surface area contributed by atoms with E-state index in [0.29, 0.717) is 28.2 Å². The number of nitrogens with zero attached hydrogens (tertiary/aromatic N) is 2. The highest BCUT2D eigenvalue weighted by molar-refractivity contribution is 6.05. The van der Waals surface area contributed by atoms with Gasteiger partial charge in [-0.15, -0.1) is 0 Å². The van der Waals surface area contributed by atoms with E-state index in [0.717, 1.165) is 5.56 Å². The lowest BCUT2D eigenvalue weighted by Gasteiger charge is -2.15. The lowest BCUT2D eigenvalue weighted by molar-refractivity contribution is 0.102. The standard InChI is InChI=1S/C22H18N4O3/c1-14(15-5-3-2-4-6-15)29-17-9-10-23-20(12-17)26-22(28)16-7-8-18-19(11-16)25-21(27)13-24-18/h2-14H,1H3,(H,25,27)(H,23,26,28). The van der Waals surface area contributed by atoms with E-state index in [-0.39, 0.29) is 17.6 Å². The van der Waals surface area contributed by atoms with E-state index >= 15 is 0 Å². The van der Waals surface area contributed by atoms with Crippen LogP contribution in [0, 0.1) is 0 Å². The topological polar surface area (TPSA) is 97.0 Å². The Morgan fingerprint density at radius 1 is 1.07 bits per heavy atom. The lowest BCUT2D eigenvalue weighted by atomic mass is 10.1. The minimum Gasteiger partial charge on any atom is -0.486 e. The molecule has 0 saturated carbocycles. The summed E-state index contributed by atoms with van der Waals surface area (Å²) in [6.45, 7) is 1.96. The Morgan fingerprint density at radius 3 is 2.72 bits per heavy atom. The van der Waals surface area contributed by atoms with Crippen LogP contribution in [0.25, 0.3) is 11.0 Å². The minimum atomic E-state index is -0.350. The van der Waals surface area contributed by atoms with Gasteiger partial charge in [0, 0.05) is 17.8 Å². The minimum absolute atomic E-state index is 0.146. The van der Waals surface area contributed by atoms with Crippen LogP contribution in [-0.4, -0.2) is 20.9 Å². The highest BCUT2D eigenvalue weighted by atomic mass is 16.5. The molecule has 0 spiro atoms. The van der Waals surface area contributed by atoms with Crippen molar-refractivity contribution >= 4 is 22.8 Å². The summed E-state index contributed by atoms with van der Waals surface area (Å²) in [6, 6.07) is 18.2. The molecule has 4 aromatic rings. The highest BCUT2D eigenvalue weighted by Gasteiger charge is 2.11. The van der Waals surface area contributed by atoms with Crippen molar-refractivity contribution in [3.8, 4) is 5.75 Å². The van der Waals surface area contributed by atoms with Crippen LogP contribution in [0.3, 0.4) is 0 Å². The molecule has 144 valence electrons. The first-order valence-corrected chi connectivity index (χ1v) is 9.06. The van der Waals surface area contributed by atoms with Crippen LogP contribution in [0.2, 0.25) is 0 Å². The van der Waals surface area contributed by atoms with Gasteiger partial charge in [0.2, 0.25) is 0 Å². The number of H-pyrrole nitrogens is 1. The zero-order valence-electron chi connectivity index (χ0n) is 15.6. The molecule has 2 N–H and O–H groups in total. The van der Waals surface area contributed by atoms with Gasteiger partial charge in [0.15, 0.2) is 0 Å². The first-order chi connectivity index (χ1) is 14.1. The molecule has 0 radical (unpaired) electrons.